The number of imidazole rings is 1. The Kier molecular flexibility index (Phi) is 3.91. The quantitative estimate of drug-likeness (QED) is 0.709. The molecule has 0 aromatic carbocycles. The number of nitrogens with one attached hydrogen (secondary N) is 1. The summed E-state index contributed by atoms with van der Waals surface area (Å²) in [4.78, 5) is 11.4. The van der Waals surface area contributed by atoms with Gasteiger partial charge in [0.1, 0.15) is 0 Å². The number of aromatic amines is 1. The van der Waals surface area contributed by atoms with Gasteiger partial charge in [0.05, 0.1) is 23.9 Å². The Hall–Kier alpha value is -1.58. The van der Waals surface area contributed by atoms with Gasteiger partial charge in [0.2, 0.25) is 0 Å². The highest BCUT2D eigenvalue weighted by molar-refractivity contribution is 6.07. The Morgan fingerprint density at radius 2 is 2.50 bits per heavy atom. The standard InChI is InChI=1S/C10H16N4/c1-3-4-13-9(5-8(2)11)10-6-12-7-14-10/h5-7H,3-4,11H2,1-2H3,(H,12,14)/b8-5-,13-9?. The Balaban J connectivity index is 2.88. The lowest BCUT2D eigenvalue weighted by atomic mass is 10.2. The molecule has 0 unspecified atom stereocenters. The molecule has 4 nitrogen and oxygen atoms in total. The number of hydrogen-bond acceptors (Lipinski definition) is 3. The van der Waals surface area contributed by atoms with E-state index in [9.17, 15) is 0 Å². The molecule has 1 heterocycles. The first-order valence-corrected chi connectivity index (χ1v) is 4.71. The summed E-state index contributed by atoms with van der Waals surface area (Å²) in [5.41, 5.74) is 8.13. The summed E-state index contributed by atoms with van der Waals surface area (Å²) in [7, 11) is 0. The van der Waals surface area contributed by atoms with Crippen molar-refractivity contribution in [1.82, 2.24) is 9.97 Å². The van der Waals surface area contributed by atoms with Crippen LogP contribution < -0.4 is 5.73 Å². The summed E-state index contributed by atoms with van der Waals surface area (Å²) >= 11 is 0. The molecule has 0 amide bonds. The Morgan fingerprint density at radius 1 is 1.71 bits per heavy atom. The second-order valence-corrected chi connectivity index (χ2v) is 3.12. The second kappa shape index (κ2) is 5.21. The second-order valence-electron chi connectivity index (χ2n) is 3.12. The van der Waals surface area contributed by atoms with Gasteiger partial charge < -0.3 is 10.7 Å². The molecule has 0 saturated heterocycles. The van der Waals surface area contributed by atoms with E-state index >= 15 is 0 Å². The maximum Gasteiger partial charge on any atom is 0.0924 e. The number of aliphatic imine (C=N–C) groups is 1. The van der Waals surface area contributed by atoms with Crippen molar-refractivity contribution in [2.24, 2.45) is 10.7 Å². The fraction of sp³-hybridized carbons (Fsp3) is 0.400. The van der Waals surface area contributed by atoms with E-state index in [1.54, 1.807) is 12.5 Å². The van der Waals surface area contributed by atoms with Crippen molar-refractivity contribution in [2.75, 3.05) is 6.54 Å². The molecule has 0 saturated carbocycles. The lowest BCUT2D eigenvalue weighted by Crippen LogP contribution is -2.03. The molecule has 76 valence electrons. The zero-order valence-electron chi connectivity index (χ0n) is 8.62. The van der Waals surface area contributed by atoms with Gasteiger partial charge in [0.25, 0.3) is 0 Å². The van der Waals surface area contributed by atoms with Crippen molar-refractivity contribution in [1.29, 1.82) is 0 Å². The van der Waals surface area contributed by atoms with Crippen LogP contribution in [0.3, 0.4) is 0 Å². The first kappa shape index (κ1) is 10.5. The van der Waals surface area contributed by atoms with Gasteiger partial charge in [0.15, 0.2) is 0 Å². The van der Waals surface area contributed by atoms with E-state index in [1.807, 2.05) is 13.0 Å². The lowest BCUT2D eigenvalue weighted by molar-refractivity contribution is 0.932. The van der Waals surface area contributed by atoms with Gasteiger partial charge in [-0.1, -0.05) is 6.92 Å². The van der Waals surface area contributed by atoms with Gasteiger partial charge in [-0.3, -0.25) is 4.99 Å². The number of aromatic nitrogens is 2. The number of hydrogen-bond donors (Lipinski definition) is 2. The minimum atomic E-state index is 0.745. The minimum absolute atomic E-state index is 0.745. The maximum absolute atomic E-state index is 5.62. The molecule has 0 atom stereocenters. The lowest BCUT2D eigenvalue weighted by Gasteiger charge is -1.98. The predicted molar refractivity (Wildman–Crippen MR) is 58.2 cm³/mol. The Morgan fingerprint density at radius 3 is 3.00 bits per heavy atom. The fourth-order valence-electron chi connectivity index (χ4n) is 1.05. The highest BCUT2D eigenvalue weighted by Gasteiger charge is 2.00. The molecule has 1 aromatic rings. The van der Waals surface area contributed by atoms with Crippen molar-refractivity contribution in [3.05, 3.63) is 30.0 Å². The molecule has 0 bridgehead atoms. The van der Waals surface area contributed by atoms with Crippen molar-refractivity contribution in [3.8, 4) is 0 Å². The van der Waals surface area contributed by atoms with Crippen molar-refractivity contribution < 1.29 is 0 Å². The number of rotatable bonds is 4. The largest absolute Gasteiger partial charge is 0.402 e. The van der Waals surface area contributed by atoms with Gasteiger partial charge in [-0.25, -0.2) is 4.98 Å². The van der Waals surface area contributed by atoms with Gasteiger partial charge in [-0.15, -0.1) is 0 Å². The predicted octanol–water partition coefficient (Wildman–Crippen LogP) is 1.47. The first-order chi connectivity index (χ1) is 6.74. The van der Waals surface area contributed by atoms with Crippen LogP contribution in [0.1, 0.15) is 26.0 Å². The molecule has 0 aliphatic carbocycles. The zero-order chi connectivity index (χ0) is 10.4. The van der Waals surface area contributed by atoms with Crippen molar-refractivity contribution >= 4 is 5.71 Å². The highest BCUT2D eigenvalue weighted by Crippen LogP contribution is 1.99. The summed E-state index contributed by atoms with van der Waals surface area (Å²) in [5, 5.41) is 0. The van der Waals surface area contributed by atoms with Crippen LogP contribution in [0, 0.1) is 0 Å². The zero-order valence-corrected chi connectivity index (χ0v) is 8.62. The van der Waals surface area contributed by atoms with Crippen LogP contribution in [-0.4, -0.2) is 22.2 Å². The van der Waals surface area contributed by atoms with Crippen LogP contribution >= 0.6 is 0 Å². The van der Waals surface area contributed by atoms with Crippen molar-refractivity contribution in [2.45, 2.75) is 20.3 Å². The summed E-state index contributed by atoms with van der Waals surface area (Å²) in [6.45, 7) is 4.74. The molecule has 0 aliphatic heterocycles. The van der Waals surface area contributed by atoms with E-state index in [1.165, 1.54) is 0 Å². The summed E-state index contributed by atoms with van der Waals surface area (Å²) in [6, 6.07) is 0. The van der Waals surface area contributed by atoms with Gasteiger partial charge >= 0.3 is 0 Å². The third kappa shape index (κ3) is 3.05. The van der Waals surface area contributed by atoms with E-state index in [-0.39, 0.29) is 0 Å². The SMILES string of the molecule is CCCN=C(/C=C(/C)N)c1cnc[nH]1. The molecule has 1 aromatic heterocycles. The number of nitrogens with two attached hydrogens (primary N) is 1. The molecule has 3 N–H and O–H groups in total. The van der Waals surface area contributed by atoms with Crippen molar-refractivity contribution in [3.63, 3.8) is 0 Å². The molecule has 0 fully saturated rings. The minimum Gasteiger partial charge on any atom is -0.402 e. The van der Waals surface area contributed by atoms with E-state index < -0.39 is 0 Å². The number of H-pyrrole nitrogens is 1. The van der Waals surface area contributed by atoms with Gasteiger partial charge in [-0.05, 0) is 19.4 Å². The monoisotopic (exact) mass is 192 g/mol. The van der Waals surface area contributed by atoms with Crippen LogP contribution in [0.2, 0.25) is 0 Å². The van der Waals surface area contributed by atoms with Crippen LogP contribution in [0.25, 0.3) is 0 Å². The van der Waals surface area contributed by atoms with E-state index in [0.29, 0.717) is 0 Å². The molecule has 0 radical (unpaired) electrons. The van der Waals surface area contributed by atoms with E-state index in [4.69, 9.17) is 5.73 Å². The third-order valence-electron chi connectivity index (χ3n) is 1.64. The molecule has 1 rings (SSSR count). The molecule has 14 heavy (non-hydrogen) atoms. The Bertz CT molecular complexity index is 318. The van der Waals surface area contributed by atoms with Gasteiger partial charge in [0, 0.05) is 12.2 Å². The van der Waals surface area contributed by atoms with Crippen LogP contribution in [-0.2, 0) is 0 Å². The highest BCUT2D eigenvalue weighted by atomic mass is 14.9. The number of allylic oxidation sites excluding steroid dienone is 2. The van der Waals surface area contributed by atoms with Crippen LogP contribution in [0.5, 0.6) is 0 Å². The van der Waals surface area contributed by atoms with E-state index in [0.717, 1.165) is 30.1 Å². The molecular formula is C10H16N4. The average molecular weight is 192 g/mol. The summed E-state index contributed by atoms with van der Waals surface area (Å²) < 4.78 is 0. The summed E-state index contributed by atoms with van der Waals surface area (Å²) in [6.07, 6.45) is 6.25. The summed E-state index contributed by atoms with van der Waals surface area (Å²) in [5.74, 6) is 0. The fourth-order valence-corrected chi connectivity index (χ4v) is 1.05. The molecule has 0 aliphatic rings. The third-order valence-corrected chi connectivity index (χ3v) is 1.64. The normalized spacial score (nSPS) is 13.3. The molecule has 0 spiro atoms. The number of nitrogens with zero attached hydrogens (tertiary/aromatic N) is 2. The van der Waals surface area contributed by atoms with Crippen LogP contribution in [0.4, 0.5) is 0 Å². The molecular weight excluding hydrogens is 176 g/mol. The van der Waals surface area contributed by atoms with Gasteiger partial charge in [-0.2, -0.15) is 0 Å². The average Bonchev–Trinajstić information content (AvgIpc) is 2.64. The molecule has 4 heteroatoms. The first-order valence-electron chi connectivity index (χ1n) is 4.71. The van der Waals surface area contributed by atoms with Crippen LogP contribution in [0.15, 0.2) is 29.3 Å². The Labute approximate surface area is 84.0 Å². The van der Waals surface area contributed by atoms with E-state index in [2.05, 4.69) is 21.9 Å². The maximum atomic E-state index is 5.62. The topological polar surface area (TPSA) is 67.1 Å². The smallest absolute Gasteiger partial charge is 0.0924 e.